The largest absolute Gasteiger partial charge is 0.310 e. The van der Waals surface area contributed by atoms with E-state index in [-0.39, 0.29) is 0 Å². The van der Waals surface area contributed by atoms with Crippen molar-refractivity contribution in [2.75, 3.05) is 6.54 Å². The molecule has 0 bridgehead atoms. The SMILES string of the molecule is CC(NCCC(c1ccccc1)c1ccccc1)c1cccnc1. The maximum Gasteiger partial charge on any atom is 0.0315 e. The number of benzene rings is 2. The van der Waals surface area contributed by atoms with Gasteiger partial charge in [0.25, 0.3) is 0 Å². The zero-order chi connectivity index (χ0) is 16.6. The number of aromatic nitrogens is 1. The second-order valence-corrected chi connectivity index (χ2v) is 6.12. The van der Waals surface area contributed by atoms with Crippen molar-refractivity contribution in [1.82, 2.24) is 10.3 Å². The number of rotatable bonds is 7. The average Bonchev–Trinajstić information content (AvgIpc) is 2.67. The molecule has 0 aliphatic rings. The Bertz CT molecular complexity index is 671. The van der Waals surface area contributed by atoms with Gasteiger partial charge in [-0.25, -0.2) is 0 Å². The Labute approximate surface area is 144 Å². The lowest BCUT2D eigenvalue weighted by molar-refractivity contribution is 0.539. The summed E-state index contributed by atoms with van der Waals surface area (Å²) in [5.41, 5.74) is 3.98. The molecule has 24 heavy (non-hydrogen) atoms. The number of hydrogen-bond donors (Lipinski definition) is 1. The molecule has 0 aliphatic heterocycles. The number of nitrogens with one attached hydrogen (secondary N) is 1. The van der Waals surface area contributed by atoms with E-state index in [1.807, 2.05) is 18.5 Å². The average molecular weight is 316 g/mol. The van der Waals surface area contributed by atoms with Gasteiger partial charge >= 0.3 is 0 Å². The smallest absolute Gasteiger partial charge is 0.0315 e. The van der Waals surface area contributed by atoms with Crippen LogP contribution in [0, 0.1) is 0 Å². The minimum Gasteiger partial charge on any atom is -0.310 e. The summed E-state index contributed by atoms with van der Waals surface area (Å²) in [5.74, 6) is 0.418. The summed E-state index contributed by atoms with van der Waals surface area (Å²) in [7, 11) is 0. The Hall–Kier alpha value is -2.45. The molecule has 1 aromatic heterocycles. The molecule has 0 amide bonds. The van der Waals surface area contributed by atoms with Crippen LogP contribution in [0.4, 0.5) is 0 Å². The molecule has 1 heterocycles. The minimum atomic E-state index is 0.311. The molecule has 0 aliphatic carbocycles. The van der Waals surface area contributed by atoms with Gasteiger partial charge in [-0.3, -0.25) is 4.98 Å². The van der Waals surface area contributed by atoms with E-state index < -0.39 is 0 Å². The van der Waals surface area contributed by atoms with E-state index in [0.29, 0.717) is 12.0 Å². The molecule has 2 nitrogen and oxygen atoms in total. The highest BCUT2D eigenvalue weighted by Crippen LogP contribution is 2.27. The maximum atomic E-state index is 4.20. The molecule has 0 saturated carbocycles. The lowest BCUT2D eigenvalue weighted by atomic mass is 9.88. The van der Waals surface area contributed by atoms with Crippen LogP contribution in [0.2, 0.25) is 0 Å². The van der Waals surface area contributed by atoms with Crippen molar-refractivity contribution in [2.24, 2.45) is 0 Å². The van der Waals surface area contributed by atoms with Gasteiger partial charge in [0, 0.05) is 24.4 Å². The van der Waals surface area contributed by atoms with E-state index in [2.05, 4.69) is 84.0 Å². The van der Waals surface area contributed by atoms with Crippen molar-refractivity contribution in [1.29, 1.82) is 0 Å². The van der Waals surface area contributed by atoms with Crippen molar-refractivity contribution in [3.8, 4) is 0 Å². The van der Waals surface area contributed by atoms with Crippen molar-refractivity contribution < 1.29 is 0 Å². The summed E-state index contributed by atoms with van der Waals surface area (Å²) in [6, 6.07) is 26.0. The zero-order valence-electron chi connectivity index (χ0n) is 14.1. The van der Waals surface area contributed by atoms with E-state index in [4.69, 9.17) is 0 Å². The zero-order valence-corrected chi connectivity index (χ0v) is 14.1. The molecule has 1 unspecified atom stereocenters. The van der Waals surface area contributed by atoms with E-state index in [1.165, 1.54) is 16.7 Å². The highest BCUT2D eigenvalue weighted by atomic mass is 14.9. The summed E-state index contributed by atoms with van der Waals surface area (Å²) < 4.78 is 0. The molecule has 0 radical (unpaired) electrons. The van der Waals surface area contributed by atoms with Crippen LogP contribution in [0.15, 0.2) is 85.2 Å². The standard InChI is InChI=1S/C22H24N2/c1-18(21-13-8-15-23-17-21)24-16-14-22(19-9-4-2-5-10-19)20-11-6-3-7-12-20/h2-13,15,17-18,22,24H,14,16H2,1H3. The van der Waals surface area contributed by atoms with Gasteiger partial charge in [0.05, 0.1) is 0 Å². The lowest BCUT2D eigenvalue weighted by Crippen LogP contribution is -2.22. The molecule has 1 atom stereocenters. The molecule has 0 saturated heterocycles. The maximum absolute atomic E-state index is 4.20. The predicted octanol–water partition coefficient (Wildman–Crippen LogP) is 4.95. The summed E-state index contributed by atoms with van der Waals surface area (Å²) >= 11 is 0. The topological polar surface area (TPSA) is 24.9 Å². The molecular formula is C22H24N2. The van der Waals surface area contributed by atoms with Crippen molar-refractivity contribution in [3.63, 3.8) is 0 Å². The van der Waals surface area contributed by atoms with Crippen molar-refractivity contribution in [3.05, 3.63) is 102 Å². The molecule has 2 heteroatoms. The third-order valence-corrected chi connectivity index (χ3v) is 4.47. The fourth-order valence-corrected chi connectivity index (χ4v) is 3.09. The third kappa shape index (κ3) is 4.30. The molecule has 0 fully saturated rings. The molecular weight excluding hydrogens is 292 g/mol. The van der Waals surface area contributed by atoms with Crippen LogP contribution in [-0.2, 0) is 0 Å². The monoisotopic (exact) mass is 316 g/mol. The normalized spacial score (nSPS) is 12.2. The molecule has 122 valence electrons. The first-order chi connectivity index (χ1) is 11.8. The lowest BCUT2D eigenvalue weighted by Gasteiger charge is -2.20. The predicted molar refractivity (Wildman–Crippen MR) is 100.0 cm³/mol. The van der Waals surface area contributed by atoms with Crippen molar-refractivity contribution in [2.45, 2.75) is 25.3 Å². The Kier molecular flexibility index (Phi) is 5.75. The van der Waals surface area contributed by atoms with Crippen LogP contribution >= 0.6 is 0 Å². The first kappa shape index (κ1) is 16.4. The van der Waals surface area contributed by atoms with Crippen LogP contribution in [-0.4, -0.2) is 11.5 Å². The fraction of sp³-hybridized carbons (Fsp3) is 0.227. The molecule has 3 rings (SSSR count). The van der Waals surface area contributed by atoms with Gasteiger partial charge in [-0.05, 0) is 42.6 Å². The Morgan fingerprint density at radius 2 is 1.38 bits per heavy atom. The summed E-state index contributed by atoms with van der Waals surface area (Å²) in [6.45, 7) is 3.15. The first-order valence-electron chi connectivity index (χ1n) is 8.58. The van der Waals surface area contributed by atoms with Crippen LogP contribution in [0.25, 0.3) is 0 Å². The van der Waals surface area contributed by atoms with Gasteiger partial charge in [0.2, 0.25) is 0 Å². The second-order valence-electron chi connectivity index (χ2n) is 6.12. The highest BCUT2D eigenvalue weighted by Gasteiger charge is 2.14. The van der Waals surface area contributed by atoms with E-state index in [0.717, 1.165) is 13.0 Å². The third-order valence-electron chi connectivity index (χ3n) is 4.47. The van der Waals surface area contributed by atoms with Gasteiger partial charge in [0.15, 0.2) is 0 Å². The summed E-state index contributed by atoms with van der Waals surface area (Å²) in [4.78, 5) is 4.20. The van der Waals surface area contributed by atoms with Gasteiger partial charge in [-0.1, -0.05) is 66.7 Å². The fourth-order valence-electron chi connectivity index (χ4n) is 3.09. The molecule has 0 spiro atoms. The minimum absolute atomic E-state index is 0.311. The Morgan fingerprint density at radius 1 is 0.792 bits per heavy atom. The molecule has 3 aromatic rings. The number of pyridine rings is 1. The Balaban J connectivity index is 1.67. The van der Waals surface area contributed by atoms with Crippen LogP contribution in [0.3, 0.4) is 0 Å². The highest BCUT2D eigenvalue weighted by molar-refractivity contribution is 5.32. The van der Waals surface area contributed by atoms with Crippen molar-refractivity contribution >= 4 is 0 Å². The first-order valence-corrected chi connectivity index (χ1v) is 8.58. The van der Waals surface area contributed by atoms with E-state index >= 15 is 0 Å². The van der Waals surface area contributed by atoms with E-state index in [9.17, 15) is 0 Å². The quantitative estimate of drug-likeness (QED) is 0.667. The van der Waals surface area contributed by atoms with Gasteiger partial charge in [-0.15, -0.1) is 0 Å². The van der Waals surface area contributed by atoms with Gasteiger partial charge in [0.1, 0.15) is 0 Å². The van der Waals surface area contributed by atoms with Gasteiger partial charge < -0.3 is 5.32 Å². The Morgan fingerprint density at radius 3 is 1.92 bits per heavy atom. The number of nitrogens with zero attached hydrogens (tertiary/aromatic N) is 1. The van der Waals surface area contributed by atoms with Crippen LogP contribution in [0.1, 0.15) is 42.0 Å². The number of hydrogen-bond acceptors (Lipinski definition) is 2. The van der Waals surface area contributed by atoms with Crippen LogP contribution in [0.5, 0.6) is 0 Å². The summed E-state index contributed by atoms with van der Waals surface area (Å²) in [6.07, 6.45) is 4.82. The second kappa shape index (κ2) is 8.42. The molecule has 2 aromatic carbocycles. The summed E-state index contributed by atoms with van der Waals surface area (Å²) in [5, 5.41) is 3.63. The van der Waals surface area contributed by atoms with E-state index in [1.54, 1.807) is 0 Å². The van der Waals surface area contributed by atoms with Crippen LogP contribution < -0.4 is 5.32 Å². The molecule has 1 N–H and O–H groups in total. The van der Waals surface area contributed by atoms with Gasteiger partial charge in [-0.2, -0.15) is 0 Å².